The highest BCUT2D eigenvalue weighted by Gasteiger charge is 2.16. The summed E-state index contributed by atoms with van der Waals surface area (Å²) in [5.41, 5.74) is 1.84. The number of nitrogens with one attached hydrogen (secondary N) is 2. The van der Waals surface area contributed by atoms with Crippen molar-refractivity contribution in [3.05, 3.63) is 45.9 Å². The number of carbonyl (C=O) groups is 1. The van der Waals surface area contributed by atoms with Gasteiger partial charge in [0.1, 0.15) is 0 Å². The highest BCUT2D eigenvalue weighted by molar-refractivity contribution is 7.98. The Morgan fingerprint density at radius 2 is 2.12 bits per heavy atom. The van der Waals surface area contributed by atoms with E-state index in [0.29, 0.717) is 0 Å². The maximum absolute atomic E-state index is 12.3. The van der Waals surface area contributed by atoms with Crippen molar-refractivity contribution in [2.75, 3.05) is 13.1 Å². The first-order valence-electron chi connectivity index (χ1n) is 7.86. The number of halogens is 2. The van der Waals surface area contributed by atoms with Gasteiger partial charge in [-0.05, 0) is 50.6 Å². The van der Waals surface area contributed by atoms with E-state index in [0.717, 1.165) is 52.8 Å². The number of aryl methyl sites for hydroxylation is 1. The topological polar surface area (TPSA) is 54.0 Å². The van der Waals surface area contributed by atoms with Crippen LogP contribution in [-0.2, 0) is 5.75 Å². The van der Waals surface area contributed by atoms with Gasteiger partial charge in [-0.2, -0.15) is 0 Å². The average molecular weight is 420 g/mol. The molecule has 1 amide bonds. The molecular weight excluding hydrogens is 397 g/mol. The molecule has 1 aromatic carbocycles. The predicted octanol–water partition coefficient (Wildman–Crippen LogP) is 4.07. The molecule has 25 heavy (non-hydrogen) atoms. The molecule has 3 rings (SSSR count). The number of rotatable bonds is 5. The lowest BCUT2D eigenvalue weighted by Crippen LogP contribution is -2.45. The Morgan fingerprint density at radius 3 is 2.72 bits per heavy atom. The fraction of sp³-hybridized carbons (Fsp3) is 0.412. The first-order valence-corrected chi connectivity index (χ1v) is 9.73. The molecule has 138 valence electrons. The first-order chi connectivity index (χ1) is 11.2. The highest BCUT2D eigenvalue weighted by Crippen LogP contribution is 2.23. The fourth-order valence-corrected chi connectivity index (χ4v) is 4.09. The largest absolute Gasteiger partial charge is 0.348 e. The lowest BCUT2D eigenvalue weighted by atomic mass is 10.1. The Balaban J connectivity index is 0.00000156. The van der Waals surface area contributed by atoms with Crippen LogP contribution in [0, 0.1) is 6.92 Å². The number of benzene rings is 1. The smallest absolute Gasteiger partial charge is 0.251 e. The third kappa shape index (κ3) is 6.79. The van der Waals surface area contributed by atoms with Gasteiger partial charge in [0.25, 0.3) is 5.91 Å². The molecule has 1 aromatic heterocycles. The molecule has 0 bridgehead atoms. The summed E-state index contributed by atoms with van der Waals surface area (Å²) in [5.74, 6) is 0.884. The molecule has 0 radical (unpaired) electrons. The molecule has 8 heteroatoms. The van der Waals surface area contributed by atoms with Crippen LogP contribution in [0.2, 0.25) is 0 Å². The van der Waals surface area contributed by atoms with Crippen LogP contribution in [0.4, 0.5) is 0 Å². The number of hydrogen-bond donors (Lipinski definition) is 2. The Labute approximate surface area is 169 Å². The minimum absolute atomic E-state index is 0. The SMILES string of the molecule is Cc1nc(CSc2ccc(C(=O)N[C@H]3CCCNC3)cc2)cs1.Cl.Cl. The minimum atomic E-state index is 0. The molecular formula is C17H23Cl2N3OS2. The van der Waals surface area contributed by atoms with Gasteiger partial charge < -0.3 is 10.6 Å². The van der Waals surface area contributed by atoms with Gasteiger partial charge in [-0.25, -0.2) is 4.98 Å². The third-order valence-corrected chi connectivity index (χ3v) is 5.67. The molecule has 0 aliphatic carbocycles. The summed E-state index contributed by atoms with van der Waals surface area (Å²) < 4.78 is 0. The first kappa shape index (κ1) is 22.3. The van der Waals surface area contributed by atoms with Crippen LogP contribution >= 0.6 is 47.9 Å². The van der Waals surface area contributed by atoms with Crippen molar-refractivity contribution in [2.45, 2.75) is 36.5 Å². The zero-order valence-electron chi connectivity index (χ0n) is 14.0. The van der Waals surface area contributed by atoms with Crippen molar-refractivity contribution < 1.29 is 4.79 Å². The van der Waals surface area contributed by atoms with E-state index in [2.05, 4.69) is 21.0 Å². The molecule has 0 unspecified atom stereocenters. The van der Waals surface area contributed by atoms with Gasteiger partial charge in [0.2, 0.25) is 0 Å². The van der Waals surface area contributed by atoms with Gasteiger partial charge >= 0.3 is 0 Å². The van der Waals surface area contributed by atoms with E-state index < -0.39 is 0 Å². The monoisotopic (exact) mass is 419 g/mol. The minimum Gasteiger partial charge on any atom is -0.348 e. The normalized spacial score (nSPS) is 16.4. The van der Waals surface area contributed by atoms with Crippen LogP contribution in [0.3, 0.4) is 0 Å². The molecule has 1 saturated heterocycles. The Bertz CT molecular complexity index is 658. The maximum atomic E-state index is 12.3. The zero-order valence-corrected chi connectivity index (χ0v) is 17.3. The molecule has 0 spiro atoms. The number of nitrogens with zero attached hydrogens (tertiary/aromatic N) is 1. The average Bonchev–Trinajstić information content (AvgIpc) is 3.00. The summed E-state index contributed by atoms with van der Waals surface area (Å²) in [6.07, 6.45) is 2.18. The van der Waals surface area contributed by atoms with E-state index in [-0.39, 0.29) is 36.8 Å². The molecule has 1 aliphatic rings. The van der Waals surface area contributed by atoms with Crippen LogP contribution < -0.4 is 10.6 Å². The van der Waals surface area contributed by atoms with Crippen LogP contribution in [0.5, 0.6) is 0 Å². The number of thiazole rings is 1. The van der Waals surface area contributed by atoms with E-state index in [9.17, 15) is 4.79 Å². The van der Waals surface area contributed by atoms with Crippen molar-refractivity contribution in [1.82, 2.24) is 15.6 Å². The second-order valence-corrected chi connectivity index (χ2v) is 7.80. The molecule has 1 aliphatic heterocycles. The number of hydrogen-bond acceptors (Lipinski definition) is 5. The van der Waals surface area contributed by atoms with E-state index >= 15 is 0 Å². The van der Waals surface area contributed by atoms with Crippen LogP contribution in [0.25, 0.3) is 0 Å². The molecule has 4 nitrogen and oxygen atoms in total. The Hall–Kier alpha value is -0.790. The van der Waals surface area contributed by atoms with Crippen molar-refractivity contribution in [3.63, 3.8) is 0 Å². The molecule has 1 atom stereocenters. The van der Waals surface area contributed by atoms with E-state index in [1.807, 2.05) is 31.2 Å². The Kier molecular flexibility index (Phi) is 9.82. The lowest BCUT2D eigenvalue weighted by Gasteiger charge is -2.23. The number of thioether (sulfide) groups is 1. The van der Waals surface area contributed by atoms with Gasteiger partial charge in [0.15, 0.2) is 0 Å². The summed E-state index contributed by atoms with van der Waals surface area (Å²) >= 11 is 3.43. The fourth-order valence-electron chi connectivity index (χ4n) is 2.58. The van der Waals surface area contributed by atoms with Gasteiger partial charge in [-0.3, -0.25) is 4.79 Å². The Morgan fingerprint density at radius 1 is 1.36 bits per heavy atom. The summed E-state index contributed by atoms with van der Waals surface area (Å²) in [5, 5.41) is 9.61. The van der Waals surface area contributed by atoms with Crippen LogP contribution in [0.15, 0.2) is 34.5 Å². The van der Waals surface area contributed by atoms with Gasteiger partial charge in [-0.1, -0.05) is 0 Å². The summed E-state index contributed by atoms with van der Waals surface area (Å²) in [4.78, 5) is 17.9. The molecule has 2 aromatic rings. The lowest BCUT2D eigenvalue weighted by molar-refractivity contribution is 0.0930. The maximum Gasteiger partial charge on any atom is 0.251 e. The quantitative estimate of drug-likeness (QED) is 0.716. The zero-order chi connectivity index (χ0) is 16.1. The second kappa shape index (κ2) is 11.0. The molecule has 1 fully saturated rings. The van der Waals surface area contributed by atoms with Crippen molar-refractivity contribution in [2.24, 2.45) is 0 Å². The van der Waals surface area contributed by atoms with Gasteiger partial charge in [-0.15, -0.1) is 47.9 Å². The van der Waals surface area contributed by atoms with Crippen LogP contribution in [-0.4, -0.2) is 30.0 Å². The number of carbonyl (C=O) groups excluding carboxylic acids is 1. The molecule has 2 N–H and O–H groups in total. The molecule has 2 heterocycles. The van der Waals surface area contributed by atoms with Gasteiger partial charge in [0.05, 0.1) is 10.7 Å². The summed E-state index contributed by atoms with van der Waals surface area (Å²) in [6, 6.07) is 8.08. The van der Waals surface area contributed by atoms with E-state index in [1.54, 1.807) is 23.1 Å². The van der Waals surface area contributed by atoms with E-state index in [1.165, 1.54) is 0 Å². The van der Waals surface area contributed by atoms with Crippen LogP contribution in [0.1, 0.15) is 33.9 Å². The van der Waals surface area contributed by atoms with E-state index in [4.69, 9.17) is 0 Å². The number of amides is 1. The summed E-state index contributed by atoms with van der Waals surface area (Å²) in [6.45, 7) is 3.94. The molecule has 0 saturated carbocycles. The van der Waals surface area contributed by atoms with Crippen molar-refractivity contribution in [1.29, 1.82) is 0 Å². The van der Waals surface area contributed by atoms with Crippen molar-refractivity contribution >= 4 is 53.8 Å². The van der Waals surface area contributed by atoms with Crippen molar-refractivity contribution in [3.8, 4) is 0 Å². The number of aromatic nitrogens is 1. The van der Waals surface area contributed by atoms with Gasteiger partial charge in [0, 0.05) is 34.2 Å². The third-order valence-electron chi connectivity index (χ3n) is 3.80. The summed E-state index contributed by atoms with van der Waals surface area (Å²) in [7, 11) is 0. The number of piperidine rings is 1. The predicted molar refractivity (Wildman–Crippen MR) is 111 cm³/mol. The second-order valence-electron chi connectivity index (χ2n) is 5.69. The highest BCUT2D eigenvalue weighted by atomic mass is 35.5. The standard InChI is InChI=1S/C17H21N3OS2.2ClH/c1-12-19-15(10-22-12)11-23-16-6-4-13(5-7-16)17(21)20-14-3-2-8-18-9-14;;/h4-7,10,14,18H,2-3,8-9,11H2,1H3,(H,20,21);2*1H/t14-;;/m0../s1.